The topological polar surface area (TPSA) is 105 Å². The Balaban J connectivity index is 0.000000126. The van der Waals surface area contributed by atoms with Gasteiger partial charge in [-0.2, -0.15) is 0 Å². The summed E-state index contributed by atoms with van der Waals surface area (Å²) in [6.07, 6.45) is 16.8. The zero-order chi connectivity index (χ0) is 72.3. The molecule has 19 rings (SSSR count). The molecule has 2 atom stereocenters. The van der Waals surface area contributed by atoms with Crippen LogP contribution in [0.3, 0.4) is 0 Å². The van der Waals surface area contributed by atoms with E-state index >= 15 is 0 Å². The Morgan fingerprint density at radius 2 is 0.635 bits per heavy atom. The van der Waals surface area contributed by atoms with Gasteiger partial charge in [0.15, 0.2) is 44.1 Å². The molecule has 0 N–H and O–H groups in total. The Labute approximate surface area is 624 Å². The highest BCUT2D eigenvalue weighted by Crippen LogP contribution is 2.67. The summed E-state index contributed by atoms with van der Waals surface area (Å²) >= 11 is 0. The van der Waals surface area contributed by atoms with Crippen molar-refractivity contribution >= 4 is 56.6 Å². The van der Waals surface area contributed by atoms with E-state index in [1.54, 1.807) is 0 Å². The SMILES string of the molecule is Cc1cc([S+](c2ccccc2)c2ccccc2)cc(C)c1OC(=O)C12CC3CC(CC(C3)C1)C2.Cc1cc([S+](c2ccccc2)c2ccccc2)cc(C)c1OC(=O)C12CCC(C)(C(=O)O1)C2(C)C.Cc1cc([S+](c2ccccc2)c2ccccc2)cc(C)c1OC(=O)CC12CC3CC(CC(C3)C1)C2. The second-order valence-electron chi connectivity index (χ2n) is 32.7. The van der Waals surface area contributed by atoms with Crippen LogP contribution in [0.15, 0.2) is 262 Å². The molecule has 10 aliphatic rings. The average molecular weight is 1440 g/mol. The highest BCUT2D eigenvalue weighted by atomic mass is 32.2. The molecule has 8 nitrogen and oxygen atoms in total. The fourth-order valence-corrected chi connectivity index (χ4v) is 27.3. The number of hydrogen-bond donors (Lipinski definition) is 0. The maximum absolute atomic E-state index is 13.6. The average Bonchev–Trinajstić information content (AvgIpc) is 1.52. The van der Waals surface area contributed by atoms with Crippen LogP contribution >= 0.6 is 0 Å². The second kappa shape index (κ2) is 29.0. The van der Waals surface area contributed by atoms with E-state index < -0.39 is 22.4 Å². The summed E-state index contributed by atoms with van der Waals surface area (Å²) in [5, 5.41) is 0. The lowest BCUT2D eigenvalue weighted by Gasteiger charge is -2.56. The summed E-state index contributed by atoms with van der Waals surface area (Å²) in [7, 11) is -0.705. The molecule has 9 aromatic carbocycles. The molecule has 0 aromatic heterocycles. The smallest absolute Gasteiger partial charge is 0.356 e. The van der Waals surface area contributed by atoms with E-state index in [0.29, 0.717) is 25.0 Å². The first-order valence-corrected chi connectivity index (χ1v) is 41.5. The van der Waals surface area contributed by atoms with Crippen LogP contribution in [0, 0.1) is 98.7 Å². The Bertz CT molecular complexity index is 4400. The normalized spacial score (nSPS) is 26.1. The lowest BCUT2D eigenvalue weighted by molar-refractivity contribution is -0.176. The van der Waals surface area contributed by atoms with Crippen LogP contribution in [-0.4, -0.2) is 29.5 Å². The standard InChI is InChI=1S/C32H35O2S.C31H33O2S.C30H31O4S/c1-22-13-29(35(27-9-5-3-6-10-27)28-11-7-4-8-12-28)14-23(2)31(22)34-30(33)21-32-18-24-15-25(19-32)17-26(16-24)20-32;1-21-13-28(34(26-9-5-3-6-10-26)27-11-7-4-8-12-27)14-22(2)29(21)33-30(32)31-18-23-15-24(19-31)17-25(16-23)20-31;1-20-18-24(35(22-12-8-6-9-13-22)23-14-10-7-11-15-23)19-21(2)25(20)33-27(32)30-17-16-29(5,26(31)34-30)28(30,3)4/h3-14,24-26H,15-21H2,1-2H3;3-14,23-25H,15-20H2,1-2H3;6-15,18-19H,16-17H2,1-5H3/q3*+1. The minimum absolute atomic E-state index is 0.0315. The van der Waals surface area contributed by atoms with Crippen LogP contribution in [0.4, 0.5) is 0 Å². The summed E-state index contributed by atoms with van der Waals surface area (Å²) in [6, 6.07) is 76.9. The predicted molar refractivity (Wildman–Crippen MR) is 416 cm³/mol. The third-order valence-electron chi connectivity index (χ3n) is 25.1. The molecule has 10 fully saturated rings. The summed E-state index contributed by atoms with van der Waals surface area (Å²) in [5.41, 5.74) is 3.40. The fourth-order valence-electron chi connectivity index (χ4n) is 20.5. The number of aryl methyl sites for hydroxylation is 6. The molecule has 0 amide bonds. The van der Waals surface area contributed by atoms with Crippen molar-refractivity contribution in [1.29, 1.82) is 0 Å². The molecule has 9 aromatic rings. The molecule has 9 aliphatic carbocycles. The zero-order valence-corrected chi connectivity index (χ0v) is 64.3. The van der Waals surface area contributed by atoms with Gasteiger partial charge in [-0.15, -0.1) is 0 Å². The van der Waals surface area contributed by atoms with Crippen molar-refractivity contribution in [3.63, 3.8) is 0 Å². The summed E-state index contributed by atoms with van der Waals surface area (Å²) in [6.45, 7) is 18.1. The molecule has 11 heteroatoms. The fraction of sp³-hybridized carbons (Fsp3) is 0.376. The van der Waals surface area contributed by atoms with E-state index in [0.717, 1.165) is 105 Å². The van der Waals surface area contributed by atoms with E-state index in [1.807, 2.05) is 46.8 Å². The number of hydrogen-bond acceptors (Lipinski definition) is 8. The number of esters is 4. The first-order chi connectivity index (χ1) is 50.1. The lowest BCUT2D eigenvalue weighted by Crippen LogP contribution is -2.51. The number of carbonyl (C=O) groups is 4. The first kappa shape index (κ1) is 71.5. The van der Waals surface area contributed by atoms with Gasteiger partial charge in [0.2, 0.25) is 5.60 Å². The Morgan fingerprint density at radius 1 is 0.365 bits per heavy atom. The van der Waals surface area contributed by atoms with E-state index in [2.05, 4.69) is 234 Å². The number of benzene rings is 9. The summed E-state index contributed by atoms with van der Waals surface area (Å²) in [5.74, 6) is 6.08. The predicted octanol–water partition coefficient (Wildman–Crippen LogP) is 21.9. The zero-order valence-electron chi connectivity index (χ0n) is 61.8. The molecule has 104 heavy (non-hydrogen) atoms. The number of ether oxygens (including phenoxy) is 4. The summed E-state index contributed by atoms with van der Waals surface area (Å²) in [4.78, 5) is 64.4. The molecular formula is C93H99O8S3+3. The van der Waals surface area contributed by atoms with Crippen molar-refractivity contribution in [3.05, 3.63) is 252 Å². The van der Waals surface area contributed by atoms with E-state index in [4.69, 9.17) is 18.9 Å². The Kier molecular flexibility index (Phi) is 19.9. The maximum Gasteiger partial charge on any atom is 0.356 e. The van der Waals surface area contributed by atoms with E-state index in [9.17, 15) is 19.2 Å². The van der Waals surface area contributed by atoms with Gasteiger partial charge >= 0.3 is 23.9 Å². The first-order valence-electron chi connectivity index (χ1n) is 37.8. The quantitative estimate of drug-likeness (QED) is 0.0535. The Hall–Kier alpha value is -8.09. The van der Waals surface area contributed by atoms with Gasteiger partial charge in [0.25, 0.3) is 0 Å². The molecule has 2 unspecified atom stereocenters. The maximum atomic E-state index is 13.6. The van der Waals surface area contributed by atoms with Crippen molar-refractivity contribution in [2.75, 3.05) is 0 Å². The summed E-state index contributed by atoms with van der Waals surface area (Å²) < 4.78 is 24.2. The van der Waals surface area contributed by atoms with Gasteiger partial charge in [-0.1, -0.05) is 123 Å². The van der Waals surface area contributed by atoms with Gasteiger partial charge in [-0.05, 0) is 285 Å². The number of carbonyl (C=O) groups excluding carboxylic acids is 4. The van der Waals surface area contributed by atoms with Gasteiger partial charge in [0.1, 0.15) is 17.2 Å². The molecule has 0 radical (unpaired) electrons. The lowest BCUT2D eigenvalue weighted by atomic mass is 9.49. The third-order valence-corrected chi connectivity index (χ3v) is 31.6. The molecule has 1 heterocycles. The van der Waals surface area contributed by atoms with Crippen LogP contribution in [-0.2, 0) is 56.6 Å². The molecule has 9 saturated carbocycles. The van der Waals surface area contributed by atoms with Crippen LogP contribution in [0.25, 0.3) is 0 Å². The van der Waals surface area contributed by atoms with Crippen LogP contribution in [0.5, 0.6) is 17.2 Å². The molecular weight excluding hydrogens is 1340 g/mol. The van der Waals surface area contributed by atoms with Gasteiger partial charge in [0, 0.05) is 41.8 Å². The monoisotopic (exact) mass is 1440 g/mol. The van der Waals surface area contributed by atoms with Crippen LogP contribution < -0.4 is 14.2 Å². The van der Waals surface area contributed by atoms with Gasteiger partial charge < -0.3 is 18.9 Å². The van der Waals surface area contributed by atoms with Crippen molar-refractivity contribution in [2.24, 2.45) is 57.2 Å². The van der Waals surface area contributed by atoms with Gasteiger partial charge in [-0.25, -0.2) is 4.79 Å². The molecule has 1 aliphatic heterocycles. The van der Waals surface area contributed by atoms with Crippen LogP contribution in [0.2, 0.25) is 0 Å². The van der Waals surface area contributed by atoms with Crippen molar-refractivity contribution in [2.45, 2.75) is 208 Å². The van der Waals surface area contributed by atoms with Crippen LogP contribution in [0.1, 0.15) is 150 Å². The third kappa shape index (κ3) is 13.7. The van der Waals surface area contributed by atoms with Gasteiger partial charge in [0.05, 0.1) is 49.9 Å². The van der Waals surface area contributed by atoms with Crippen molar-refractivity contribution in [1.82, 2.24) is 0 Å². The van der Waals surface area contributed by atoms with Crippen molar-refractivity contribution in [3.8, 4) is 17.2 Å². The van der Waals surface area contributed by atoms with Gasteiger partial charge in [-0.3, -0.25) is 14.4 Å². The molecule has 10 bridgehead atoms. The van der Waals surface area contributed by atoms with E-state index in [1.165, 1.54) is 97.0 Å². The highest BCUT2D eigenvalue weighted by Gasteiger charge is 2.76. The largest absolute Gasteiger partial charge is 0.446 e. The second-order valence-corrected chi connectivity index (χ2v) is 38.8. The minimum Gasteiger partial charge on any atom is -0.446 e. The van der Waals surface area contributed by atoms with E-state index in [-0.39, 0.29) is 61.4 Å². The minimum atomic E-state index is -1.24. The number of rotatable bonds is 16. The molecule has 1 saturated heterocycles. The van der Waals surface area contributed by atoms with Crippen molar-refractivity contribution < 1.29 is 38.1 Å². The highest BCUT2D eigenvalue weighted by molar-refractivity contribution is 7.97. The molecule has 0 spiro atoms. The number of fused-ring (bicyclic) bond motifs is 2. The Morgan fingerprint density at radius 3 is 0.904 bits per heavy atom. The molecule has 534 valence electrons.